The van der Waals surface area contributed by atoms with Gasteiger partial charge in [0.2, 0.25) is 0 Å². The molecule has 2 aromatic carbocycles. The van der Waals surface area contributed by atoms with Crippen molar-refractivity contribution < 1.29 is 18.4 Å². The van der Waals surface area contributed by atoms with Crippen LogP contribution in [0.5, 0.6) is 5.75 Å². The third-order valence-electron chi connectivity index (χ3n) is 4.69. The molecule has 4 rings (SSSR count). The minimum atomic E-state index is -0.562. The maximum absolute atomic E-state index is 13.3. The number of anilines is 1. The molecule has 2 heterocycles. The normalized spacial score (nSPS) is 10.9. The van der Waals surface area contributed by atoms with E-state index in [1.165, 1.54) is 23.0 Å². The van der Waals surface area contributed by atoms with E-state index < -0.39 is 11.7 Å². The Balaban J connectivity index is 1.47. The summed E-state index contributed by atoms with van der Waals surface area (Å²) in [5, 5.41) is 11.8. The predicted octanol–water partition coefficient (Wildman–Crippen LogP) is 6.16. The van der Waals surface area contributed by atoms with Crippen LogP contribution in [-0.4, -0.2) is 20.8 Å². The molecule has 0 unspecified atom stereocenters. The molecular formula is C22H16Cl3FN4O3. The minimum absolute atomic E-state index is 0.0497. The van der Waals surface area contributed by atoms with Crippen LogP contribution in [0.1, 0.15) is 27.4 Å². The molecule has 0 atom stereocenters. The lowest BCUT2D eigenvalue weighted by molar-refractivity contribution is 0.101. The fraction of sp³-hybridized carbons (Fsp3) is 0.136. The van der Waals surface area contributed by atoms with Gasteiger partial charge >= 0.3 is 0 Å². The molecule has 0 saturated heterocycles. The van der Waals surface area contributed by atoms with Gasteiger partial charge in [-0.3, -0.25) is 9.48 Å². The van der Waals surface area contributed by atoms with Crippen LogP contribution in [0.15, 0.2) is 53.2 Å². The Morgan fingerprint density at radius 1 is 1.15 bits per heavy atom. The van der Waals surface area contributed by atoms with Crippen molar-refractivity contribution in [2.75, 3.05) is 5.32 Å². The Bertz CT molecular complexity index is 1300. The van der Waals surface area contributed by atoms with Crippen molar-refractivity contribution in [3.63, 3.8) is 0 Å². The van der Waals surface area contributed by atoms with Crippen molar-refractivity contribution >= 4 is 46.5 Å². The molecule has 4 aromatic rings. The van der Waals surface area contributed by atoms with Gasteiger partial charge in [0.15, 0.2) is 11.5 Å². The first-order valence-electron chi connectivity index (χ1n) is 9.62. The first-order valence-corrected chi connectivity index (χ1v) is 10.8. The van der Waals surface area contributed by atoms with E-state index in [-0.39, 0.29) is 34.7 Å². The minimum Gasteiger partial charge on any atom is -0.489 e. The molecule has 170 valence electrons. The molecule has 2 aromatic heterocycles. The third kappa shape index (κ3) is 5.47. The number of hydrogen-bond acceptors (Lipinski definition) is 5. The molecule has 0 aliphatic heterocycles. The average molecular weight is 510 g/mol. The number of aromatic nitrogens is 3. The second-order valence-corrected chi connectivity index (χ2v) is 8.27. The van der Waals surface area contributed by atoms with Crippen LogP contribution >= 0.6 is 34.8 Å². The van der Waals surface area contributed by atoms with E-state index in [9.17, 15) is 9.18 Å². The Morgan fingerprint density at radius 2 is 1.91 bits per heavy atom. The van der Waals surface area contributed by atoms with Gasteiger partial charge in [-0.1, -0.05) is 46.0 Å². The number of nitrogens with one attached hydrogen (secondary N) is 1. The quantitative estimate of drug-likeness (QED) is 0.323. The zero-order chi connectivity index (χ0) is 23.5. The molecule has 0 saturated carbocycles. The fourth-order valence-electron chi connectivity index (χ4n) is 2.98. The summed E-state index contributed by atoms with van der Waals surface area (Å²) in [4.78, 5) is 12.8. The first kappa shape index (κ1) is 23.1. The number of carbonyl (C=O) groups excluding carboxylic acids is 1. The lowest BCUT2D eigenvalue weighted by atomic mass is 10.2. The van der Waals surface area contributed by atoms with Crippen LogP contribution in [0.2, 0.25) is 15.1 Å². The summed E-state index contributed by atoms with van der Waals surface area (Å²) in [6.07, 6.45) is 1.52. The fourth-order valence-corrected chi connectivity index (χ4v) is 3.53. The number of ether oxygens (including phenoxy) is 1. The highest BCUT2D eigenvalue weighted by atomic mass is 35.5. The topological polar surface area (TPSA) is 82.2 Å². The molecular weight excluding hydrogens is 494 g/mol. The van der Waals surface area contributed by atoms with Gasteiger partial charge < -0.3 is 14.6 Å². The number of hydrogen-bond donors (Lipinski definition) is 1. The summed E-state index contributed by atoms with van der Waals surface area (Å²) >= 11 is 18.2. The number of amides is 1. The zero-order valence-corrected chi connectivity index (χ0v) is 19.4. The zero-order valence-electron chi connectivity index (χ0n) is 17.1. The van der Waals surface area contributed by atoms with Crippen LogP contribution < -0.4 is 10.1 Å². The molecule has 1 amide bonds. The number of nitrogens with zero attached hydrogens (tertiary/aromatic N) is 3. The van der Waals surface area contributed by atoms with Gasteiger partial charge in [0.05, 0.1) is 12.1 Å². The highest BCUT2D eigenvalue weighted by Crippen LogP contribution is 2.25. The third-order valence-corrected chi connectivity index (χ3v) is 5.57. The molecule has 33 heavy (non-hydrogen) atoms. The van der Waals surface area contributed by atoms with Gasteiger partial charge in [-0.2, -0.15) is 5.10 Å². The molecule has 0 bridgehead atoms. The molecule has 0 spiro atoms. The summed E-state index contributed by atoms with van der Waals surface area (Å²) < 4.78 is 25.6. The second kappa shape index (κ2) is 9.82. The SMILES string of the molecule is Cc1onc(C(=O)Nc2nn(Cc3ccc(F)cc3Cl)cc2Cl)c1COc1ccc(Cl)cc1. The highest BCUT2D eigenvalue weighted by molar-refractivity contribution is 6.33. The van der Waals surface area contributed by atoms with Gasteiger partial charge in [0, 0.05) is 16.2 Å². The van der Waals surface area contributed by atoms with Gasteiger partial charge in [-0.25, -0.2) is 4.39 Å². The Labute approximate surface area is 203 Å². The molecule has 0 fully saturated rings. The molecule has 0 radical (unpaired) electrons. The van der Waals surface area contributed by atoms with E-state index in [1.807, 2.05) is 0 Å². The Morgan fingerprint density at radius 3 is 2.64 bits per heavy atom. The largest absolute Gasteiger partial charge is 0.489 e. The van der Waals surface area contributed by atoms with Crippen molar-refractivity contribution in [1.29, 1.82) is 0 Å². The highest BCUT2D eigenvalue weighted by Gasteiger charge is 2.22. The van der Waals surface area contributed by atoms with Crippen molar-refractivity contribution in [3.05, 3.63) is 92.1 Å². The maximum Gasteiger partial charge on any atom is 0.279 e. The standard InChI is InChI=1S/C22H16Cl3FN4O3/c1-12-17(11-32-16-6-3-14(23)4-7-16)20(29-33-12)22(31)27-21-19(25)10-30(28-21)9-13-2-5-15(26)8-18(13)24/h2-8,10H,9,11H2,1H3,(H,27,28,31). The number of carbonyl (C=O) groups is 1. The van der Waals surface area contributed by atoms with Crippen LogP contribution in [0.25, 0.3) is 0 Å². The van der Waals surface area contributed by atoms with Gasteiger partial charge in [0.1, 0.15) is 29.0 Å². The van der Waals surface area contributed by atoms with Gasteiger partial charge in [-0.05, 0) is 48.9 Å². The lowest BCUT2D eigenvalue weighted by Gasteiger charge is -2.07. The lowest BCUT2D eigenvalue weighted by Crippen LogP contribution is -2.16. The smallest absolute Gasteiger partial charge is 0.279 e. The van der Waals surface area contributed by atoms with E-state index in [4.69, 9.17) is 44.1 Å². The maximum atomic E-state index is 13.3. The molecule has 0 aliphatic rings. The average Bonchev–Trinajstić information content (AvgIpc) is 3.31. The summed E-state index contributed by atoms with van der Waals surface area (Å²) in [7, 11) is 0. The number of rotatable bonds is 7. The van der Waals surface area contributed by atoms with E-state index >= 15 is 0 Å². The van der Waals surface area contributed by atoms with E-state index in [0.717, 1.165) is 0 Å². The van der Waals surface area contributed by atoms with Crippen LogP contribution in [0.3, 0.4) is 0 Å². The van der Waals surface area contributed by atoms with Gasteiger partial charge in [0.25, 0.3) is 5.91 Å². The van der Waals surface area contributed by atoms with Crippen LogP contribution in [-0.2, 0) is 13.2 Å². The monoisotopic (exact) mass is 508 g/mol. The van der Waals surface area contributed by atoms with Crippen LogP contribution in [0.4, 0.5) is 10.2 Å². The number of aryl methyl sites for hydroxylation is 1. The number of benzene rings is 2. The van der Waals surface area contributed by atoms with Crippen molar-refractivity contribution in [1.82, 2.24) is 14.9 Å². The first-order chi connectivity index (χ1) is 15.8. The van der Waals surface area contributed by atoms with Crippen molar-refractivity contribution in [3.8, 4) is 5.75 Å². The predicted molar refractivity (Wildman–Crippen MR) is 123 cm³/mol. The van der Waals surface area contributed by atoms with Crippen molar-refractivity contribution in [2.24, 2.45) is 0 Å². The van der Waals surface area contributed by atoms with E-state index in [1.54, 1.807) is 37.3 Å². The summed E-state index contributed by atoms with van der Waals surface area (Å²) in [5.74, 6) is 0.150. The molecule has 7 nitrogen and oxygen atoms in total. The van der Waals surface area contributed by atoms with Gasteiger partial charge in [-0.15, -0.1) is 0 Å². The molecule has 1 N–H and O–H groups in total. The summed E-state index contributed by atoms with van der Waals surface area (Å²) in [5.41, 5.74) is 1.17. The molecule has 0 aliphatic carbocycles. The van der Waals surface area contributed by atoms with E-state index in [2.05, 4.69) is 15.6 Å². The van der Waals surface area contributed by atoms with E-state index in [0.29, 0.717) is 27.7 Å². The summed E-state index contributed by atoms with van der Waals surface area (Å²) in [6, 6.07) is 10.9. The summed E-state index contributed by atoms with van der Waals surface area (Å²) in [6.45, 7) is 1.97. The van der Waals surface area contributed by atoms with Crippen LogP contribution in [0, 0.1) is 12.7 Å². The Kier molecular flexibility index (Phi) is 6.88. The molecule has 11 heteroatoms. The van der Waals surface area contributed by atoms with Crippen molar-refractivity contribution in [2.45, 2.75) is 20.1 Å². The Hall–Kier alpha value is -3.07. The number of halogens is 4. The second-order valence-electron chi connectivity index (χ2n) is 7.02.